The van der Waals surface area contributed by atoms with E-state index in [2.05, 4.69) is 52.8 Å². The molecule has 0 amide bonds. The monoisotopic (exact) mass is 428 g/mol. The predicted molar refractivity (Wildman–Crippen MR) is 135 cm³/mol. The van der Waals surface area contributed by atoms with Crippen LogP contribution in [0.15, 0.2) is 116 Å². The summed E-state index contributed by atoms with van der Waals surface area (Å²) in [7, 11) is 0. The van der Waals surface area contributed by atoms with Gasteiger partial charge in [-0.15, -0.1) is 0 Å². The molecule has 0 aliphatic carbocycles. The van der Waals surface area contributed by atoms with Crippen LogP contribution >= 0.6 is 0 Å². The van der Waals surface area contributed by atoms with Crippen LogP contribution in [-0.2, 0) is 6.42 Å². The Bertz CT molecular complexity index is 1320. The lowest BCUT2D eigenvalue weighted by molar-refractivity contribution is 1.00. The molecule has 2 aromatic heterocycles. The second-order valence-electron chi connectivity index (χ2n) is 7.82. The molecule has 0 aliphatic rings. The van der Waals surface area contributed by atoms with Gasteiger partial charge in [0.1, 0.15) is 5.82 Å². The fraction of sp³-hybridized carbons (Fsp3) is 0.0690. The summed E-state index contributed by atoms with van der Waals surface area (Å²) in [4.78, 5) is 14.2. The highest BCUT2D eigenvalue weighted by molar-refractivity contribution is 5.72. The Hall–Kier alpha value is -4.31. The summed E-state index contributed by atoms with van der Waals surface area (Å²) in [6, 6.07) is 34.9. The zero-order chi connectivity index (χ0) is 22.3. The van der Waals surface area contributed by atoms with Crippen molar-refractivity contribution in [1.29, 1.82) is 0 Å². The third-order valence-corrected chi connectivity index (χ3v) is 5.46. The maximum atomic E-state index is 4.88. The Labute approximate surface area is 194 Å². The van der Waals surface area contributed by atoms with Crippen LogP contribution in [0.1, 0.15) is 5.56 Å². The van der Waals surface area contributed by atoms with Crippen molar-refractivity contribution in [1.82, 2.24) is 15.0 Å². The van der Waals surface area contributed by atoms with E-state index < -0.39 is 0 Å². The topological polar surface area (TPSA) is 50.7 Å². The Morgan fingerprint density at radius 1 is 0.576 bits per heavy atom. The minimum Gasteiger partial charge on any atom is -0.370 e. The molecule has 0 unspecified atom stereocenters. The van der Waals surface area contributed by atoms with E-state index in [4.69, 9.17) is 9.97 Å². The van der Waals surface area contributed by atoms with Gasteiger partial charge in [0.2, 0.25) is 0 Å². The largest absolute Gasteiger partial charge is 0.370 e. The third kappa shape index (κ3) is 5.13. The first-order valence-electron chi connectivity index (χ1n) is 11.1. The maximum Gasteiger partial charge on any atom is 0.162 e. The Kier molecular flexibility index (Phi) is 6.16. The van der Waals surface area contributed by atoms with Gasteiger partial charge in [-0.05, 0) is 23.6 Å². The average Bonchev–Trinajstić information content (AvgIpc) is 2.90. The number of hydrogen-bond donors (Lipinski definition) is 1. The number of rotatable bonds is 7. The smallest absolute Gasteiger partial charge is 0.162 e. The standard InChI is InChI=1S/C29H24N4/c1-4-10-22(11-5-1)16-17-31-28-19-27(32-29(33-28)24-14-8-3-9-15-24)26-18-25(20-30-21-26)23-12-6-2-7-13-23/h1-15,18-21H,16-17H2,(H,31,32,33). The molecule has 4 nitrogen and oxygen atoms in total. The number of nitrogens with zero attached hydrogens (tertiary/aromatic N) is 3. The van der Waals surface area contributed by atoms with Crippen molar-refractivity contribution >= 4 is 5.82 Å². The zero-order valence-corrected chi connectivity index (χ0v) is 18.2. The highest BCUT2D eigenvalue weighted by atomic mass is 15.0. The highest BCUT2D eigenvalue weighted by Crippen LogP contribution is 2.27. The molecule has 0 atom stereocenters. The summed E-state index contributed by atoms with van der Waals surface area (Å²) in [6.07, 6.45) is 4.67. The summed E-state index contributed by atoms with van der Waals surface area (Å²) in [5.41, 5.74) is 6.27. The van der Waals surface area contributed by atoms with Crippen molar-refractivity contribution in [3.63, 3.8) is 0 Å². The molecule has 0 saturated carbocycles. The van der Waals surface area contributed by atoms with Gasteiger partial charge in [-0.25, -0.2) is 9.97 Å². The van der Waals surface area contributed by atoms with Gasteiger partial charge in [0.15, 0.2) is 5.82 Å². The van der Waals surface area contributed by atoms with Gasteiger partial charge in [0.05, 0.1) is 5.69 Å². The molecule has 1 N–H and O–H groups in total. The molecule has 3 aromatic carbocycles. The molecular weight excluding hydrogens is 404 g/mol. The lowest BCUT2D eigenvalue weighted by Gasteiger charge is -2.11. The van der Waals surface area contributed by atoms with Crippen molar-refractivity contribution in [2.45, 2.75) is 6.42 Å². The fourth-order valence-corrected chi connectivity index (χ4v) is 3.75. The van der Waals surface area contributed by atoms with Gasteiger partial charge >= 0.3 is 0 Å². The van der Waals surface area contributed by atoms with Gasteiger partial charge in [-0.3, -0.25) is 4.98 Å². The number of benzene rings is 3. The van der Waals surface area contributed by atoms with Crippen LogP contribution < -0.4 is 5.32 Å². The number of aromatic nitrogens is 3. The van der Waals surface area contributed by atoms with E-state index in [0.29, 0.717) is 5.82 Å². The van der Waals surface area contributed by atoms with E-state index in [-0.39, 0.29) is 0 Å². The molecule has 5 aromatic rings. The minimum absolute atomic E-state index is 0.695. The molecule has 0 saturated heterocycles. The van der Waals surface area contributed by atoms with E-state index in [1.807, 2.05) is 73.1 Å². The second-order valence-corrected chi connectivity index (χ2v) is 7.82. The normalized spacial score (nSPS) is 10.7. The molecule has 5 rings (SSSR count). The summed E-state index contributed by atoms with van der Waals surface area (Å²) in [5.74, 6) is 1.50. The van der Waals surface area contributed by atoms with Crippen molar-refractivity contribution in [2.24, 2.45) is 0 Å². The third-order valence-electron chi connectivity index (χ3n) is 5.46. The van der Waals surface area contributed by atoms with Crippen LogP contribution in [0.4, 0.5) is 5.82 Å². The maximum absolute atomic E-state index is 4.88. The van der Waals surface area contributed by atoms with E-state index >= 15 is 0 Å². The first kappa shape index (κ1) is 20.6. The van der Waals surface area contributed by atoms with Crippen molar-refractivity contribution < 1.29 is 0 Å². The quantitative estimate of drug-likeness (QED) is 0.320. The molecule has 0 fully saturated rings. The number of pyridine rings is 1. The second kappa shape index (κ2) is 9.88. The minimum atomic E-state index is 0.695. The van der Waals surface area contributed by atoms with Crippen LogP contribution in [0.2, 0.25) is 0 Å². The van der Waals surface area contributed by atoms with Crippen LogP contribution in [0.5, 0.6) is 0 Å². The molecule has 0 spiro atoms. The van der Waals surface area contributed by atoms with Crippen molar-refractivity contribution in [3.05, 3.63) is 121 Å². The van der Waals surface area contributed by atoms with Gasteiger partial charge in [-0.2, -0.15) is 0 Å². The molecule has 4 heteroatoms. The van der Waals surface area contributed by atoms with Crippen molar-refractivity contribution in [3.8, 4) is 33.8 Å². The Morgan fingerprint density at radius 2 is 1.21 bits per heavy atom. The van der Waals surface area contributed by atoms with Crippen LogP contribution in [0.25, 0.3) is 33.8 Å². The van der Waals surface area contributed by atoms with Gasteiger partial charge in [0.25, 0.3) is 0 Å². The average molecular weight is 429 g/mol. The Morgan fingerprint density at radius 3 is 1.94 bits per heavy atom. The van der Waals surface area contributed by atoms with E-state index in [0.717, 1.165) is 46.7 Å². The van der Waals surface area contributed by atoms with E-state index in [9.17, 15) is 0 Å². The molecule has 0 aliphatic heterocycles. The first-order chi connectivity index (χ1) is 16.3. The summed E-state index contributed by atoms with van der Waals surface area (Å²) >= 11 is 0. The van der Waals surface area contributed by atoms with E-state index in [1.54, 1.807) is 0 Å². The van der Waals surface area contributed by atoms with Gasteiger partial charge < -0.3 is 5.32 Å². The summed E-state index contributed by atoms with van der Waals surface area (Å²) in [5, 5.41) is 3.49. The SMILES string of the molecule is c1ccc(CCNc2cc(-c3cncc(-c4ccccc4)c3)nc(-c3ccccc3)n2)cc1. The lowest BCUT2D eigenvalue weighted by Crippen LogP contribution is -2.08. The number of anilines is 1. The summed E-state index contributed by atoms with van der Waals surface area (Å²) in [6.45, 7) is 0.789. The highest BCUT2D eigenvalue weighted by Gasteiger charge is 2.10. The van der Waals surface area contributed by atoms with E-state index in [1.165, 1.54) is 5.56 Å². The number of hydrogen-bond acceptors (Lipinski definition) is 4. The zero-order valence-electron chi connectivity index (χ0n) is 18.2. The predicted octanol–water partition coefficient (Wildman–Crippen LogP) is 6.53. The number of nitrogens with one attached hydrogen (secondary N) is 1. The van der Waals surface area contributed by atoms with Crippen LogP contribution in [0, 0.1) is 0 Å². The Balaban J connectivity index is 1.48. The molecular formula is C29H24N4. The molecule has 0 bridgehead atoms. The molecule has 0 radical (unpaired) electrons. The molecule has 160 valence electrons. The summed E-state index contributed by atoms with van der Waals surface area (Å²) < 4.78 is 0. The first-order valence-corrected chi connectivity index (χ1v) is 11.1. The lowest BCUT2D eigenvalue weighted by atomic mass is 10.0. The molecule has 2 heterocycles. The molecule has 33 heavy (non-hydrogen) atoms. The van der Waals surface area contributed by atoms with Crippen LogP contribution in [-0.4, -0.2) is 21.5 Å². The fourth-order valence-electron chi connectivity index (χ4n) is 3.75. The van der Waals surface area contributed by atoms with Gasteiger partial charge in [-0.1, -0.05) is 91.0 Å². The van der Waals surface area contributed by atoms with Crippen LogP contribution in [0.3, 0.4) is 0 Å². The van der Waals surface area contributed by atoms with Gasteiger partial charge in [0, 0.05) is 41.7 Å². The van der Waals surface area contributed by atoms with Crippen molar-refractivity contribution in [2.75, 3.05) is 11.9 Å².